The van der Waals surface area contributed by atoms with Gasteiger partial charge in [-0.15, -0.1) is 0 Å². The molecule has 0 fully saturated rings. The van der Waals surface area contributed by atoms with Gasteiger partial charge in [0.25, 0.3) is 5.56 Å². The van der Waals surface area contributed by atoms with E-state index in [0.29, 0.717) is 17.2 Å². The zero-order chi connectivity index (χ0) is 17.9. The molecule has 0 unspecified atom stereocenters. The Bertz CT molecular complexity index is 1190. The van der Waals surface area contributed by atoms with E-state index in [4.69, 9.17) is 4.74 Å². The van der Waals surface area contributed by atoms with Crippen LogP contribution in [0, 0.1) is 11.3 Å². The van der Waals surface area contributed by atoms with E-state index < -0.39 is 5.56 Å². The number of nitrogens with one attached hydrogen (secondary N) is 1. The van der Waals surface area contributed by atoms with Gasteiger partial charge in [0.1, 0.15) is 17.4 Å². The highest BCUT2D eigenvalue weighted by Gasteiger charge is 2.13. The van der Waals surface area contributed by atoms with E-state index in [9.17, 15) is 10.1 Å². The average molecular weight is 338 g/mol. The van der Waals surface area contributed by atoms with Crippen molar-refractivity contribution in [3.05, 3.63) is 94.8 Å². The summed E-state index contributed by atoms with van der Waals surface area (Å²) < 4.78 is 6.05. The van der Waals surface area contributed by atoms with Crippen LogP contribution in [0.25, 0.3) is 22.0 Å². The first-order valence-electron chi connectivity index (χ1n) is 8.14. The Labute approximate surface area is 149 Å². The minimum absolute atomic E-state index is 0.0143. The Balaban J connectivity index is 1.83. The van der Waals surface area contributed by atoms with Crippen LogP contribution >= 0.6 is 0 Å². The molecule has 1 N–H and O–H groups in total. The Kier molecular flexibility index (Phi) is 3.97. The Morgan fingerprint density at radius 2 is 1.58 bits per heavy atom. The molecule has 0 atom stereocenters. The van der Waals surface area contributed by atoms with Gasteiger partial charge < -0.3 is 9.72 Å². The highest BCUT2D eigenvalue weighted by atomic mass is 16.5. The molecule has 4 heteroatoms. The molecule has 0 aliphatic carbocycles. The number of aromatic nitrogens is 1. The number of H-pyrrole nitrogens is 1. The van der Waals surface area contributed by atoms with Crippen molar-refractivity contribution >= 4 is 10.8 Å². The summed E-state index contributed by atoms with van der Waals surface area (Å²) in [5.74, 6) is 1.07. The second-order valence-corrected chi connectivity index (χ2v) is 5.84. The number of benzene rings is 3. The van der Waals surface area contributed by atoms with Crippen molar-refractivity contribution in [3.63, 3.8) is 0 Å². The Morgan fingerprint density at radius 1 is 0.846 bits per heavy atom. The fraction of sp³-hybridized carbons (Fsp3) is 0. The van der Waals surface area contributed by atoms with Gasteiger partial charge in [-0.3, -0.25) is 4.79 Å². The van der Waals surface area contributed by atoms with Gasteiger partial charge >= 0.3 is 0 Å². The van der Waals surface area contributed by atoms with Gasteiger partial charge in [0.15, 0.2) is 5.75 Å². The number of fused-ring (bicyclic) bond motifs is 1. The average Bonchev–Trinajstić information content (AvgIpc) is 2.69. The van der Waals surface area contributed by atoms with Crippen LogP contribution in [-0.2, 0) is 0 Å². The maximum Gasteiger partial charge on any atom is 0.266 e. The SMILES string of the molecule is N#Cc1cc(Oc2ccc3ccccc3c2)c(-c2ccccc2)[nH]c1=O. The van der Waals surface area contributed by atoms with Crippen LogP contribution in [0.2, 0.25) is 0 Å². The first-order chi connectivity index (χ1) is 12.7. The van der Waals surface area contributed by atoms with Gasteiger partial charge in [-0.2, -0.15) is 5.26 Å². The van der Waals surface area contributed by atoms with E-state index in [1.54, 1.807) is 0 Å². The van der Waals surface area contributed by atoms with Crippen molar-refractivity contribution < 1.29 is 4.74 Å². The van der Waals surface area contributed by atoms with Crippen LogP contribution in [0.5, 0.6) is 11.5 Å². The van der Waals surface area contributed by atoms with Crippen LogP contribution < -0.4 is 10.3 Å². The lowest BCUT2D eigenvalue weighted by Crippen LogP contribution is -2.11. The molecule has 4 nitrogen and oxygen atoms in total. The molecule has 0 spiro atoms. The number of pyridine rings is 1. The highest BCUT2D eigenvalue weighted by Crippen LogP contribution is 2.32. The van der Waals surface area contributed by atoms with Gasteiger partial charge in [0.05, 0.1) is 5.69 Å². The molecule has 26 heavy (non-hydrogen) atoms. The smallest absolute Gasteiger partial charge is 0.266 e. The second-order valence-electron chi connectivity index (χ2n) is 5.84. The molecule has 4 rings (SSSR count). The molecule has 0 amide bonds. The lowest BCUT2D eigenvalue weighted by atomic mass is 10.1. The van der Waals surface area contributed by atoms with Gasteiger partial charge in [-0.05, 0) is 22.9 Å². The summed E-state index contributed by atoms with van der Waals surface area (Å²) in [6.45, 7) is 0. The monoisotopic (exact) mass is 338 g/mol. The molecular formula is C22H14N2O2. The van der Waals surface area contributed by atoms with E-state index in [-0.39, 0.29) is 5.56 Å². The number of nitrogens with zero attached hydrogens (tertiary/aromatic N) is 1. The molecule has 0 radical (unpaired) electrons. The van der Waals surface area contributed by atoms with Crippen molar-refractivity contribution in [3.8, 4) is 28.8 Å². The number of hydrogen-bond donors (Lipinski definition) is 1. The molecule has 0 aliphatic rings. The van der Waals surface area contributed by atoms with Crippen LogP contribution in [0.4, 0.5) is 0 Å². The maximum atomic E-state index is 12.1. The molecule has 0 aliphatic heterocycles. The van der Waals surface area contributed by atoms with Crippen molar-refractivity contribution in [1.29, 1.82) is 5.26 Å². The summed E-state index contributed by atoms with van der Waals surface area (Å²) in [5.41, 5.74) is 0.935. The topological polar surface area (TPSA) is 65.9 Å². The van der Waals surface area contributed by atoms with Crippen molar-refractivity contribution in [1.82, 2.24) is 4.98 Å². The molecule has 3 aromatic carbocycles. The number of ether oxygens (including phenoxy) is 1. The summed E-state index contributed by atoms with van der Waals surface area (Å²) in [5, 5.41) is 11.4. The van der Waals surface area contributed by atoms with Gasteiger partial charge in [0, 0.05) is 11.6 Å². The van der Waals surface area contributed by atoms with Crippen LogP contribution in [0.3, 0.4) is 0 Å². The predicted octanol–water partition coefficient (Wildman–Crippen LogP) is 4.86. The van der Waals surface area contributed by atoms with Crippen molar-refractivity contribution in [2.24, 2.45) is 0 Å². The maximum absolute atomic E-state index is 12.1. The first-order valence-corrected chi connectivity index (χ1v) is 8.14. The minimum Gasteiger partial charge on any atom is -0.455 e. The fourth-order valence-electron chi connectivity index (χ4n) is 2.85. The van der Waals surface area contributed by atoms with Crippen molar-refractivity contribution in [2.75, 3.05) is 0 Å². The molecule has 1 aromatic heterocycles. The van der Waals surface area contributed by atoms with E-state index in [0.717, 1.165) is 16.3 Å². The normalized spacial score (nSPS) is 10.4. The van der Waals surface area contributed by atoms with Gasteiger partial charge in [0.2, 0.25) is 0 Å². The van der Waals surface area contributed by atoms with Crippen LogP contribution in [0.15, 0.2) is 83.7 Å². The standard InChI is InChI=1S/C22H14N2O2/c23-14-18-13-20(21(24-22(18)25)16-7-2-1-3-8-16)26-19-11-10-15-6-4-5-9-17(15)12-19/h1-13H,(H,24,25). The third kappa shape index (κ3) is 2.94. The van der Waals surface area contributed by atoms with E-state index >= 15 is 0 Å². The van der Waals surface area contributed by atoms with Crippen LogP contribution in [-0.4, -0.2) is 4.98 Å². The summed E-state index contributed by atoms with van der Waals surface area (Å²) in [7, 11) is 0. The highest BCUT2D eigenvalue weighted by molar-refractivity contribution is 5.84. The zero-order valence-corrected chi connectivity index (χ0v) is 13.8. The predicted molar refractivity (Wildman–Crippen MR) is 101 cm³/mol. The Hall–Kier alpha value is -3.84. The van der Waals surface area contributed by atoms with Gasteiger partial charge in [-0.25, -0.2) is 0 Å². The second kappa shape index (κ2) is 6.58. The summed E-state index contributed by atoms with van der Waals surface area (Å²) in [6.07, 6.45) is 0. The molecule has 1 heterocycles. The third-order valence-electron chi connectivity index (χ3n) is 4.14. The summed E-state index contributed by atoms with van der Waals surface area (Å²) >= 11 is 0. The number of nitriles is 1. The largest absolute Gasteiger partial charge is 0.455 e. The molecule has 0 saturated carbocycles. The number of rotatable bonds is 3. The van der Waals surface area contributed by atoms with Crippen LogP contribution in [0.1, 0.15) is 5.56 Å². The van der Waals surface area contributed by atoms with E-state index in [2.05, 4.69) is 4.98 Å². The molecule has 0 bridgehead atoms. The van der Waals surface area contributed by atoms with E-state index in [1.165, 1.54) is 6.07 Å². The van der Waals surface area contributed by atoms with E-state index in [1.807, 2.05) is 78.9 Å². The minimum atomic E-state index is -0.433. The van der Waals surface area contributed by atoms with Crippen molar-refractivity contribution in [2.45, 2.75) is 0 Å². The first kappa shape index (κ1) is 15.7. The zero-order valence-electron chi connectivity index (χ0n) is 13.8. The summed E-state index contributed by atoms with van der Waals surface area (Å²) in [4.78, 5) is 14.9. The fourth-order valence-corrected chi connectivity index (χ4v) is 2.85. The number of hydrogen-bond acceptors (Lipinski definition) is 3. The Morgan fingerprint density at radius 3 is 2.35 bits per heavy atom. The molecule has 0 saturated heterocycles. The van der Waals surface area contributed by atoms with Gasteiger partial charge in [-0.1, -0.05) is 60.7 Å². The third-order valence-corrected chi connectivity index (χ3v) is 4.14. The lowest BCUT2D eigenvalue weighted by molar-refractivity contribution is 0.482. The lowest BCUT2D eigenvalue weighted by Gasteiger charge is -2.12. The number of aromatic amines is 1. The molecule has 124 valence electrons. The molecule has 4 aromatic rings. The quantitative estimate of drug-likeness (QED) is 0.580. The summed E-state index contributed by atoms with van der Waals surface area (Å²) in [6, 6.07) is 26.6. The molecular weight excluding hydrogens is 324 g/mol.